The van der Waals surface area contributed by atoms with Gasteiger partial charge in [0.05, 0.1) is 10.0 Å². The van der Waals surface area contributed by atoms with Crippen molar-refractivity contribution in [3.8, 4) is 5.75 Å². The number of halogens is 2. The van der Waals surface area contributed by atoms with Crippen LogP contribution >= 0.6 is 23.2 Å². The van der Waals surface area contributed by atoms with Crippen LogP contribution in [0.4, 0.5) is 4.79 Å². The van der Waals surface area contributed by atoms with Crippen LogP contribution < -0.4 is 15.4 Å². The van der Waals surface area contributed by atoms with Crippen LogP contribution in [0.25, 0.3) is 0 Å². The van der Waals surface area contributed by atoms with Crippen molar-refractivity contribution in [3.05, 3.63) is 64.1 Å². The second-order valence-electron chi connectivity index (χ2n) is 8.37. The summed E-state index contributed by atoms with van der Waals surface area (Å²) in [6.45, 7) is 0.121. The third kappa shape index (κ3) is 5.25. The fourth-order valence-corrected chi connectivity index (χ4v) is 4.98. The third-order valence-electron chi connectivity index (χ3n) is 5.91. The molecule has 2 bridgehead atoms. The maximum atomic E-state index is 12.4. The van der Waals surface area contributed by atoms with Crippen molar-refractivity contribution in [1.82, 2.24) is 10.6 Å². The number of alkyl carbamates (subject to hydrolysis) is 1. The van der Waals surface area contributed by atoms with E-state index in [9.17, 15) is 9.59 Å². The predicted molar refractivity (Wildman–Crippen MR) is 118 cm³/mol. The van der Waals surface area contributed by atoms with Gasteiger partial charge < -0.3 is 20.1 Å². The molecule has 2 N–H and O–H groups in total. The van der Waals surface area contributed by atoms with Gasteiger partial charge in [-0.15, -0.1) is 0 Å². The molecule has 3 aliphatic carbocycles. The maximum Gasteiger partial charge on any atom is 0.407 e. The minimum absolute atomic E-state index is 0.112. The number of amides is 2. The first-order chi connectivity index (χ1) is 14.9. The molecular weight excluding hydrogens is 439 g/mol. The Balaban J connectivity index is 1.24. The minimum atomic E-state index is -0.423. The second-order valence-corrected chi connectivity index (χ2v) is 9.18. The molecule has 2 aromatic rings. The average Bonchev–Trinajstić information content (AvgIpc) is 2.73. The summed E-state index contributed by atoms with van der Waals surface area (Å²) in [7, 11) is 0. The molecule has 2 amide bonds. The van der Waals surface area contributed by atoms with Gasteiger partial charge in [-0.1, -0.05) is 53.5 Å². The van der Waals surface area contributed by atoms with Gasteiger partial charge in [0.15, 0.2) is 6.61 Å². The van der Waals surface area contributed by atoms with Crippen molar-refractivity contribution < 1.29 is 19.1 Å². The highest BCUT2D eigenvalue weighted by molar-refractivity contribution is 6.42. The normalized spacial score (nSPS) is 23.9. The fraction of sp³-hybridized carbons (Fsp3) is 0.391. The van der Waals surface area contributed by atoms with Gasteiger partial charge in [0.1, 0.15) is 12.4 Å². The van der Waals surface area contributed by atoms with E-state index in [-0.39, 0.29) is 30.2 Å². The Morgan fingerprint density at radius 3 is 2.35 bits per heavy atom. The molecule has 3 saturated carbocycles. The number of carbonyl (C=O) groups is 2. The van der Waals surface area contributed by atoms with Crippen molar-refractivity contribution in [3.63, 3.8) is 0 Å². The summed E-state index contributed by atoms with van der Waals surface area (Å²) in [5.41, 5.74) is 0.323. The van der Waals surface area contributed by atoms with E-state index in [0.717, 1.165) is 24.8 Å². The molecule has 0 heterocycles. The highest BCUT2D eigenvalue weighted by atomic mass is 35.5. The van der Waals surface area contributed by atoms with Gasteiger partial charge in [0.2, 0.25) is 0 Å². The van der Waals surface area contributed by atoms with Crippen molar-refractivity contribution >= 4 is 35.2 Å². The Kier molecular flexibility index (Phi) is 6.30. The van der Waals surface area contributed by atoms with Gasteiger partial charge in [0, 0.05) is 17.1 Å². The molecule has 0 radical (unpaired) electrons. The Morgan fingerprint density at radius 1 is 0.935 bits per heavy atom. The summed E-state index contributed by atoms with van der Waals surface area (Å²) < 4.78 is 10.9. The summed E-state index contributed by atoms with van der Waals surface area (Å²) in [5, 5.41) is 6.93. The van der Waals surface area contributed by atoms with E-state index in [4.69, 9.17) is 32.7 Å². The van der Waals surface area contributed by atoms with Gasteiger partial charge >= 0.3 is 6.09 Å². The molecule has 8 heteroatoms. The summed E-state index contributed by atoms with van der Waals surface area (Å²) in [6.07, 6.45) is 3.65. The average molecular weight is 463 g/mol. The molecule has 3 aliphatic rings. The summed E-state index contributed by atoms with van der Waals surface area (Å²) in [4.78, 5) is 24.7. The number of benzene rings is 2. The Bertz CT molecular complexity index is 961. The highest BCUT2D eigenvalue weighted by Gasteiger charge is 2.58. The van der Waals surface area contributed by atoms with Crippen molar-refractivity contribution in [2.24, 2.45) is 0 Å². The number of ether oxygens (including phenoxy) is 2. The number of hydrogen-bond donors (Lipinski definition) is 2. The van der Waals surface area contributed by atoms with Crippen LogP contribution in [0.1, 0.15) is 37.7 Å². The van der Waals surface area contributed by atoms with E-state index in [0.29, 0.717) is 28.6 Å². The Labute approximate surface area is 191 Å². The number of nitrogens with one attached hydrogen (secondary N) is 2. The minimum Gasteiger partial charge on any atom is -0.484 e. The molecule has 0 aromatic heterocycles. The topological polar surface area (TPSA) is 76.7 Å². The first-order valence-corrected chi connectivity index (χ1v) is 11.0. The van der Waals surface area contributed by atoms with Crippen LogP contribution in [0.5, 0.6) is 5.75 Å². The lowest BCUT2D eigenvalue weighted by atomic mass is 9.54. The van der Waals surface area contributed by atoms with E-state index in [1.165, 1.54) is 0 Å². The summed E-state index contributed by atoms with van der Waals surface area (Å²) in [5.74, 6) is 0.282. The lowest BCUT2D eigenvalue weighted by Gasteiger charge is -2.60. The standard InChI is InChI=1S/C23H24Cl2N2O4/c24-18-8-7-17(11-19(18)25)30-13-20(28)26-22-9-4-10-23(14-22,15-22)27-21(29)31-12-16-5-2-1-3-6-16/h1-3,5-8,11H,4,9-10,12-15H2,(H,26,28)(H,27,29). The molecule has 0 atom stereocenters. The van der Waals surface area contributed by atoms with E-state index in [1.54, 1.807) is 18.2 Å². The summed E-state index contributed by atoms with van der Waals surface area (Å²) >= 11 is 11.9. The first kappa shape index (κ1) is 21.8. The number of rotatable bonds is 7. The van der Waals surface area contributed by atoms with E-state index >= 15 is 0 Å². The fourth-order valence-electron chi connectivity index (χ4n) is 4.69. The van der Waals surface area contributed by atoms with E-state index in [1.807, 2.05) is 30.3 Å². The SMILES string of the molecule is O=C(COc1ccc(Cl)c(Cl)c1)NC12CCCC(NC(=O)OCc3ccccc3)(C1)C2. The second kappa shape index (κ2) is 8.97. The lowest BCUT2D eigenvalue weighted by molar-refractivity contribution is -0.129. The Hall–Kier alpha value is -2.44. The molecule has 3 fully saturated rings. The molecule has 2 aromatic carbocycles. The van der Waals surface area contributed by atoms with Crippen molar-refractivity contribution in [2.45, 2.75) is 49.8 Å². The first-order valence-electron chi connectivity index (χ1n) is 10.2. The molecule has 5 rings (SSSR count). The number of hydrogen-bond acceptors (Lipinski definition) is 4. The zero-order valence-electron chi connectivity index (χ0n) is 17.0. The lowest BCUT2D eigenvalue weighted by Crippen LogP contribution is -2.73. The van der Waals surface area contributed by atoms with Crippen LogP contribution in [0, 0.1) is 0 Å². The molecule has 0 unspecified atom stereocenters. The highest BCUT2D eigenvalue weighted by Crippen LogP contribution is 2.52. The molecule has 0 spiro atoms. The predicted octanol–water partition coefficient (Wildman–Crippen LogP) is 4.87. The van der Waals surface area contributed by atoms with Gasteiger partial charge in [-0.25, -0.2) is 4.79 Å². The quantitative estimate of drug-likeness (QED) is 0.615. The third-order valence-corrected chi connectivity index (χ3v) is 6.65. The van der Waals surface area contributed by atoms with Crippen LogP contribution in [-0.2, 0) is 16.1 Å². The molecule has 164 valence electrons. The number of fused-ring (bicyclic) bond motifs is 2. The van der Waals surface area contributed by atoms with Crippen LogP contribution in [-0.4, -0.2) is 29.7 Å². The molecule has 0 saturated heterocycles. The van der Waals surface area contributed by atoms with Gasteiger partial charge in [-0.2, -0.15) is 0 Å². The van der Waals surface area contributed by atoms with Gasteiger partial charge in [-0.3, -0.25) is 4.79 Å². The van der Waals surface area contributed by atoms with Gasteiger partial charge in [-0.05, 0) is 49.8 Å². The van der Waals surface area contributed by atoms with E-state index in [2.05, 4.69) is 10.6 Å². The van der Waals surface area contributed by atoms with Crippen molar-refractivity contribution in [2.75, 3.05) is 6.61 Å². The van der Waals surface area contributed by atoms with Crippen LogP contribution in [0.15, 0.2) is 48.5 Å². The molecule has 6 nitrogen and oxygen atoms in total. The van der Waals surface area contributed by atoms with Crippen molar-refractivity contribution in [1.29, 1.82) is 0 Å². The van der Waals surface area contributed by atoms with E-state index < -0.39 is 6.09 Å². The van der Waals surface area contributed by atoms with Crippen LogP contribution in [0.3, 0.4) is 0 Å². The molecular formula is C23H24Cl2N2O4. The van der Waals surface area contributed by atoms with Crippen LogP contribution in [0.2, 0.25) is 10.0 Å². The summed E-state index contributed by atoms with van der Waals surface area (Å²) in [6, 6.07) is 14.4. The largest absolute Gasteiger partial charge is 0.484 e. The Morgan fingerprint density at radius 2 is 1.65 bits per heavy atom. The smallest absolute Gasteiger partial charge is 0.407 e. The van der Waals surface area contributed by atoms with Gasteiger partial charge in [0.25, 0.3) is 5.91 Å². The zero-order chi connectivity index (χ0) is 21.9. The molecule has 0 aliphatic heterocycles. The number of carbonyl (C=O) groups excluding carboxylic acids is 2. The monoisotopic (exact) mass is 462 g/mol. The maximum absolute atomic E-state index is 12.4. The zero-order valence-corrected chi connectivity index (χ0v) is 18.5. The molecule has 31 heavy (non-hydrogen) atoms.